The number of ether oxygens (including phenoxy) is 4. The average molecular weight is 707 g/mol. The van der Waals surface area contributed by atoms with Gasteiger partial charge in [0.2, 0.25) is 6.29 Å². The van der Waals surface area contributed by atoms with Gasteiger partial charge in [0.25, 0.3) is 0 Å². The maximum Gasteiger partial charge on any atom is 0.319 e. The molecule has 4 N–H and O–H groups in total. The van der Waals surface area contributed by atoms with Crippen LogP contribution in [0, 0.1) is 39.4 Å². The normalized spacial score (nSPS) is 41.1. The molecule has 5 aliphatic rings. The van der Waals surface area contributed by atoms with E-state index in [2.05, 4.69) is 34.6 Å². The van der Waals surface area contributed by atoms with Gasteiger partial charge in [0.05, 0.1) is 25.7 Å². The number of carbonyl (C=O) groups excluding carboxylic acids is 4. The number of hydrogen-bond acceptors (Lipinski definition) is 12. The number of rotatable bonds is 9. The van der Waals surface area contributed by atoms with Gasteiger partial charge in [-0.15, -0.1) is 0 Å². The van der Waals surface area contributed by atoms with E-state index in [0.717, 1.165) is 38.5 Å². The second-order valence-electron chi connectivity index (χ2n) is 17.4. The van der Waals surface area contributed by atoms with E-state index >= 15 is 0 Å². The number of allylic oxidation sites excluding steroid dienone is 2. The van der Waals surface area contributed by atoms with Crippen molar-refractivity contribution in [1.82, 2.24) is 0 Å². The second kappa shape index (κ2) is 13.5. The molecule has 0 bridgehead atoms. The molecule has 1 heterocycles. The Morgan fingerprint density at radius 3 is 2.22 bits per heavy atom. The largest absolute Gasteiger partial charge is 0.469 e. The molecule has 5 rings (SSSR count). The van der Waals surface area contributed by atoms with Gasteiger partial charge in [-0.3, -0.25) is 19.2 Å². The van der Waals surface area contributed by atoms with Crippen LogP contribution in [0.25, 0.3) is 0 Å². The van der Waals surface area contributed by atoms with Crippen molar-refractivity contribution >= 4 is 23.7 Å². The first-order valence-electron chi connectivity index (χ1n) is 18.2. The topological polar surface area (TPSA) is 186 Å². The molecule has 4 aliphatic carbocycles. The number of esters is 3. The number of carbonyl (C=O) groups is 4. The summed E-state index contributed by atoms with van der Waals surface area (Å²) >= 11 is 0. The van der Waals surface area contributed by atoms with Gasteiger partial charge in [-0.2, -0.15) is 0 Å². The van der Waals surface area contributed by atoms with Crippen molar-refractivity contribution in [1.29, 1.82) is 0 Å². The van der Waals surface area contributed by atoms with Crippen LogP contribution >= 0.6 is 0 Å². The Morgan fingerprint density at radius 2 is 1.58 bits per heavy atom. The Balaban J connectivity index is 1.48. The molecule has 1 unspecified atom stereocenters. The van der Waals surface area contributed by atoms with Crippen molar-refractivity contribution < 1.29 is 58.6 Å². The highest BCUT2D eigenvalue weighted by molar-refractivity contribution is 6.00. The summed E-state index contributed by atoms with van der Waals surface area (Å²) in [5.41, 5.74) is -0.0962. The first-order chi connectivity index (χ1) is 23.1. The molecule has 12 nitrogen and oxygen atoms in total. The van der Waals surface area contributed by atoms with Crippen molar-refractivity contribution in [3.05, 3.63) is 11.1 Å². The molecule has 282 valence electrons. The van der Waals surface area contributed by atoms with Crippen LogP contribution in [-0.4, -0.2) is 94.1 Å². The zero-order chi connectivity index (χ0) is 37.2. The molecule has 2 saturated carbocycles. The molecular weight excluding hydrogens is 648 g/mol. The molecule has 0 aromatic rings. The smallest absolute Gasteiger partial charge is 0.319 e. The average Bonchev–Trinajstić information content (AvgIpc) is 3.29. The van der Waals surface area contributed by atoms with Crippen LogP contribution < -0.4 is 0 Å². The minimum absolute atomic E-state index is 0.0865. The number of aliphatic hydroxyl groups is 4. The Kier molecular flexibility index (Phi) is 10.5. The zero-order valence-corrected chi connectivity index (χ0v) is 31.0. The highest BCUT2D eigenvalue weighted by atomic mass is 16.7. The highest BCUT2D eigenvalue weighted by Crippen LogP contribution is 2.72. The first-order valence-corrected chi connectivity index (χ1v) is 18.2. The van der Waals surface area contributed by atoms with Crippen LogP contribution in [0.15, 0.2) is 11.1 Å². The Labute approximate surface area is 295 Å². The lowest BCUT2D eigenvalue weighted by Gasteiger charge is -2.62. The number of fused-ring (bicyclic) bond motifs is 4. The van der Waals surface area contributed by atoms with Crippen LogP contribution in [-0.2, 0) is 38.1 Å². The van der Waals surface area contributed by atoms with E-state index in [1.165, 1.54) is 32.1 Å². The molecule has 1 aliphatic heterocycles. The fourth-order valence-corrected chi connectivity index (χ4v) is 11.2. The van der Waals surface area contributed by atoms with E-state index in [1.54, 1.807) is 0 Å². The van der Waals surface area contributed by atoms with Gasteiger partial charge in [0.15, 0.2) is 0 Å². The van der Waals surface area contributed by atoms with Crippen LogP contribution in [0.5, 0.6) is 0 Å². The van der Waals surface area contributed by atoms with Crippen molar-refractivity contribution in [2.24, 2.45) is 39.4 Å². The fourth-order valence-electron chi connectivity index (χ4n) is 11.2. The fraction of sp³-hybridized carbons (Fsp3) is 0.842. The SMILES string of the molecule is COC(=O)CC(C)(O)CC(=O)[C@@H](C(=O)O[C@@H]1OC[C@@H](O)[C@H](O)[C@H]1O)[C@H]1CC[C@@]2(C)C3=C(CC[C@]12C)[C@@]1(C)CC[C@@H](OC(C)=O)C(C)(C)[C@@H]1CC3. The third-order valence-corrected chi connectivity index (χ3v) is 14.1. The van der Waals surface area contributed by atoms with Crippen LogP contribution in [0.1, 0.15) is 113 Å². The minimum Gasteiger partial charge on any atom is -0.469 e. The van der Waals surface area contributed by atoms with E-state index < -0.39 is 78.0 Å². The molecule has 0 aromatic heterocycles. The van der Waals surface area contributed by atoms with E-state index in [4.69, 9.17) is 18.9 Å². The molecule has 0 spiro atoms. The lowest BCUT2D eigenvalue weighted by molar-refractivity contribution is -0.265. The Morgan fingerprint density at radius 1 is 0.900 bits per heavy atom. The van der Waals surface area contributed by atoms with Gasteiger partial charge in [-0.25, -0.2) is 0 Å². The predicted molar refractivity (Wildman–Crippen MR) is 179 cm³/mol. The Bertz CT molecular complexity index is 1400. The molecule has 12 heteroatoms. The van der Waals surface area contributed by atoms with Crippen molar-refractivity contribution in [3.63, 3.8) is 0 Å². The molecule has 1 saturated heterocycles. The maximum absolute atomic E-state index is 14.3. The number of aliphatic hydroxyl groups excluding tert-OH is 3. The summed E-state index contributed by atoms with van der Waals surface area (Å²) in [7, 11) is 1.19. The summed E-state index contributed by atoms with van der Waals surface area (Å²) in [6, 6.07) is 0. The van der Waals surface area contributed by atoms with Gasteiger partial charge >= 0.3 is 17.9 Å². The van der Waals surface area contributed by atoms with Crippen molar-refractivity contribution in [2.45, 2.75) is 149 Å². The third kappa shape index (κ3) is 6.46. The van der Waals surface area contributed by atoms with E-state index in [0.29, 0.717) is 18.8 Å². The minimum atomic E-state index is -1.79. The van der Waals surface area contributed by atoms with Gasteiger partial charge in [0, 0.05) is 18.8 Å². The Hall–Kier alpha value is -2.38. The molecular formula is C38H58O12. The maximum atomic E-state index is 14.3. The zero-order valence-electron chi connectivity index (χ0n) is 31.0. The monoisotopic (exact) mass is 706 g/mol. The standard InChI is InChI=1S/C38H58O12/c1-20(39)49-27-13-14-36(5)21-11-15-38(7)23(12-16-37(38,6)22(21)9-10-26(36)34(27,2)3)29(24(40)17-35(4,46)18-28(42)47-8)32(45)50-33-31(44)30(43)25(41)19-48-33/h23,25-27,29-31,33,41,43-44,46H,9-19H2,1-8H3/t23-,25-,26+,27-,29+,30+,31-,33+,35?,36-,37+,38-/m1/s1. The summed E-state index contributed by atoms with van der Waals surface area (Å²) in [5.74, 6) is -4.01. The molecule has 0 amide bonds. The van der Waals surface area contributed by atoms with Crippen LogP contribution in [0.4, 0.5) is 0 Å². The highest BCUT2D eigenvalue weighted by Gasteiger charge is 2.65. The van der Waals surface area contributed by atoms with E-state index in [-0.39, 0.29) is 34.9 Å². The van der Waals surface area contributed by atoms with Gasteiger partial charge in [0.1, 0.15) is 36.1 Å². The first kappa shape index (κ1) is 38.8. The number of methoxy groups -OCH3 is 1. The molecule has 0 radical (unpaired) electrons. The summed E-state index contributed by atoms with van der Waals surface area (Å²) in [6.07, 6.45) is -1.17. The lowest BCUT2D eigenvalue weighted by Crippen LogP contribution is -2.56. The third-order valence-electron chi connectivity index (χ3n) is 14.1. The van der Waals surface area contributed by atoms with E-state index in [9.17, 15) is 39.6 Å². The van der Waals surface area contributed by atoms with Crippen molar-refractivity contribution in [3.8, 4) is 0 Å². The quantitative estimate of drug-likeness (QED) is 0.119. The van der Waals surface area contributed by atoms with Crippen molar-refractivity contribution in [2.75, 3.05) is 13.7 Å². The second-order valence-corrected chi connectivity index (χ2v) is 17.4. The van der Waals surface area contributed by atoms with Gasteiger partial charge in [-0.05, 0) is 86.4 Å². The number of ketones is 1. The summed E-state index contributed by atoms with van der Waals surface area (Å²) < 4.78 is 21.6. The molecule has 50 heavy (non-hydrogen) atoms. The summed E-state index contributed by atoms with van der Waals surface area (Å²) in [4.78, 5) is 52.5. The van der Waals surface area contributed by atoms with Gasteiger partial charge in [-0.1, -0.05) is 45.8 Å². The van der Waals surface area contributed by atoms with E-state index in [1.807, 2.05) is 0 Å². The molecule has 3 fully saturated rings. The molecule has 0 aromatic carbocycles. The van der Waals surface area contributed by atoms with Crippen LogP contribution in [0.3, 0.4) is 0 Å². The van der Waals surface area contributed by atoms with Gasteiger partial charge < -0.3 is 39.4 Å². The summed E-state index contributed by atoms with van der Waals surface area (Å²) in [5, 5.41) is 41.8. The lowest BCUT2D eigenvalue weighted by atomic mass is 9.43. The number of hydrogen-bond donors (Lipinski definition) is 4. The summed E-state index contributed by atoms with van der Waals surface area (Å²) in [6.45, 7) is 13.7. The molecule has 12 atom stereocenters. The van der Waals surface area contributed by atoms with Crippen LogP contribution in [0.2, 0.25) is 0 Å². The predicted octanol–water partition coefficient (Wildman–Crippen LogP) is 3.54. The number of Topliss-reactive ketones (excluding diaryl/α,β-unsaturated/α-hetero) is 1.